The SMILES string of the molecule is [C-]#[N+]/C(C#N)=C1\C=C(C)CC(/C=C/c2cc3c4c(c2)CCCN4CCC3)=C1. The maximum absolute atomic E-state index is 9.15. The van der Waals surface area contributed by atoms with E-state index in [4.69, 9.17) is 11.8 Å². The van der Waals surface area contributed by atoms with Crippen molar-refractivity contribution in [1.29, 1.82) is 5.26 Å². The molecule has 4 rings (SSSR count). The first-order valence-electron chi connectivity index (χ1n) is 9.66. The Morgan fingerprint density at radius 2 is 1.85 bits per heavy atom. The summed E-state index contributed by atoms with van der Waals surface area (Å²) in [4.78, 5) is 5.92. The van der Waals surface area contributed by atoms with Crippen molar-refractivity contribution in [3.63, 3.8) is 0 Å². The summed E-state index contributed by atoms with van der Waals surface area (Å²) in [6.07, 6.45) is 14.0. The highest BCUT2D eigenvalue weighted by Gasteiger charge is 2.23. The van der Waals surface area contributed by atoms with Gasteiger partial charge in [-0.15, -0.1) is 0 Å². The van der Waals surface area contributed by atoms with Gasteiger partial charge in [-0.3, -0.25) is 0 Å². The highest BCUT2D eigenvalue weighted by molar-refractivity contribution is 5.69. The van der Waals surface area contributed by atoms with E-state index in [-0.39, 0.29) is 5.70 Å². The van der Waals surface area contributed by atoms with Crippen LogP contribution in [0.25, 0.3) is 10.9 Å². The number of hydrogen-bond donors (Lipinski definition) is 0. The maximum atomic E-state index is 9.15. The lowest BCUT2D eigenvalue weighted by molar-refractivity contribution is 0.634. The Balaban J connectivity index is 1.65. The van der Waals surface area contributed by atoms with E-state index in [1.54, 1.807) is 0 Å². The molecule has 1 aromatic rings. The van der Waals surface area contributed by atoms with Gasteiger partial charge in [-0.25, -0.2) is 10.1 Å². The molecule has 0 saturated heterocycles. The molecule has 27 heavy (non-hydrogen) atoms. The van der Waals surface area contributed by atoms with E-state index in [0.29, 0.717) is 0 Å². The van der Waals surface area contributed by atoms with Gasteiger partial charge >= 0.3 is 0 Å². The van der Waals surface area contributed by atoms with Crippen molar-refractivity contribution in [2.45, 2.75) is 39.0 Å². The molecular formula is C24H23N3. The average molecular weight is 353 g/mol. The summed E-state index contributed by atoms with van der Waals surface area (Å²) >= 11 is 0. The smallest absolute Gasteiger partial charge is 0.268 e. The van der Waals surface area contributed by atoms with E-state index >= 15 is 0 Å². The van der Waals surface area contributed by atoms with E-state index < -0.39 is 0 Å². The van der Waals surface area contributed by atoms with Crippen LogP contribution in [0.3, 0.4) is 0 Å². The molecule has 1 aliphatic carbocycles. The van der Waals surface area contributed by atoms with E-state index in [0.717, 1.165) is 17.6 Å². The van der Waals surface area contributed by atoms with Crippen LogP contribution in [-0.2, 0) is 12.8 Å². The Kier molecular flexibility index (Phi) is 4.69. The third-order valence-electron chi connectivity index (χ3n) is 5.56. The highest BCUT2D eigenvalue weighted by Crippen LogP contribution is 2.36. The minimum atomic E-state index is 0.165. The van der Waals surface area contributed by atoms with Gasteiger partial charge in [-0.1, -0.05) is 29.9 Å². The second-order valence-corrected chi connectivity index (χ2v) is 7.63. The van der Waals surface area contributed by atoms with Crippen molar-refractivity contribution in [3.05, 3.63) is 80.9 Å². The standard InChI is InChI=1S/C24H23N3/c1-17-11-18(15-22(12-17)23(16-25)26-2)7-8-19-13-20-5-3-9-27-10-4-6-21(14-19)24(20)27/h7-8,12-15H,3-6,9-11H2,1H3/b8-7+,23-22+. The average Bonchev–Trinajstić information content (AvgIpc) is 2.67. The molecule has 0 N–H and O–H groups in total. The Labute approximate surface area is 161 Å². The summed E-state index contributed by atoms with van der Waals surface area (Å²) in [6, 6.07) is 6.69. The van der Waals surface area contributed by atoms with Crippen LogP contribution in [0.1, 0.15) is 42.9 Å². The lowest BCUT2D eigenvalue weighted by Crippen LogP contribution is -2.34. The molecule has 0 saturated carbocycles. The fourth-order valence-corrected chi connectivity index (χ4v) is 4.46. The van der Waals surface area contributed by atoms with Crippen LogP contribution in [0.2, 0.25) is 0 Å². The van der Waals surface area contributed by atoms with Gasteiger partial charge in [0.15, 0.2) is 0 Å². The molecule has 2 aliphatic heterocycles. The number of nitrogens with zero attached hydrogens (tertiary/aromatic N) is 3. The number of benzene rings is 1. The van der Waals surface area contributed by atoms with Gasteiger partial charge in [0, 0.05) is 18.8 Å². The van der Waals surface area contributed by atoms with Crippen LogP contribution >= 0.6 is 0 Å². The van der Waals surface area contributed by atoms with Crippen molar-refractivity contribution in [2.24, 2.45) is 0 Å². The summed E-state index contributed by atoms with van der Waals surface area (Å²) in [6.45, 7) is 11.6. The van der Waals surface area contributed by atoms with Crippen LogP contribution in [-0.4, -0.2) is 13.1 Å². The molecule has 1 aromatic carbocycles. The molecule has 0 aromatic heterocycles. The predicted octanol–water partition coefficient (Wildman–Crippen LogP) is 5.37. The first-order chi connectivity index (χ1) is 13.2. The number of rotatable bonds is 2. The van der Waals surface area contributed by atoms with Crippen molar-refractivity contribution >= 4 is 11.8 Å². The predicted molar refractivity (Wildman–Crippen MR) is 110 cm³/mol. The topological polar surface area (TPSA) is 31.4 Å². The molecular weight excluding hydrogens is 330 g/mol. The van der Waals surface area contributed by atoms with Crippen LogP contribution in [0, 0.1) is 17.9 Å². The molecule has 0 atom stereocenters. The quantitative estimate of drug-likeness (QED) is 0.528. The fourth-order valence-electron chi connectivity index (χ4n) is 4.46. The molecule has 2 heterocycles. The largest absolute Gasteiger partial charge is 0.371 e. The van der Waals surface area contributed by atoms with Gasteiger partial charge in [0.2, 0.25) is 0 Å². The second-order valence-electron chi connectivity index (χ2n) is 7.63. The molecule has 3 aliphatic rings. The van der Waals surface area contributed by atoms with E-state index in [1.165, 1.54) is 66.7 Å². The molecule has 0 unspecified atom stereocenters. The Morgan fingerprint density at radius 1 is 1.15 bits per heavy atom. The van der Waals surface area contributed by atoms with Gasteiger partial charge in [-0.05, 0) is 79.0 Å². The van der Waals surface area contributed by atoms with E-state index in [1.807, 2.05) is 18.2 Å². The monoisotopic (exact) mass is 353 g/mol. The molecule has 3 nitrogen and oxygen atoms in total. The second kappa shape index (κ2) is 7.29. The first kappa shape index (κ1) is 17.4. The number of nitriles is 1. The number of anilines is 1. The van der Waals surface area contributed by atoms with Gasteiger partial charge in [0.1, 0.15) is 0 Å². The van der Waals surface area contributed by atoms with Gasteiger partial charge in [-0.2, -0.15) is 0 Å². The summed E-state index contributed by atoms with van der Waals surface area (Å²) < 4.78 is 0. The first-order valence-corrected chi connectivity index (χ1v) is 9.66. The molecule has 134 valence electrons. The third kappa shape index (κ3) is 3.46. The molecule has 0 radical (unpaired) electrons. The van der Waals surface area contributed by atoms with Crippen molar-refractivity contribution < 1.29 is 0 Å². The number of allylic oxidation sites excluding steroid dienone is 7. The Bertz CT molecular complexity index is 942. The number of aryl methyl sites for hydroxylation is 2. The lowest BCUT2D eigenvalue weighted by Gasteiger charge is -2.37. The van der Waals surface area contributed by atoms with Crippen molar-refractivity contribution in [3.8, 4) is 6.07 Å². The van der Waals surface area contributed by atoms with Crippen LogP contribution < -0.4 is 4.90 Å². The summed E-state index contributed by atoms with van der Waals surface area (Å²) in [5, 5.41) is 9.15. The third-order valence-corrected chi connectivity index (χ3v) is 5.56. The summed E-state index contributed by atoms with van der Waals surface area (Å²) in [5.74, 6) is 0. The van der Waals surface area contributed by atoms with Gasteiger partial charge in [0.25, 0.3) is 5.70 Å². The van der Waals surface area contributed by atoms with Crippen LogP contribution in [0.15, 0.2) is 52.8 Å². The summed E-state index contributed by atoms with van der Waals surface area (Å²) in [7, 11) is 0. The highest BCUT2D eigenvalue weighted by atomic mass is 15.1. The molecule has 0 spiro atoms. The van der Waals surface area contributed by atoms with Crippen LogP contribution in [0.4, 0.5) is 5.69 Å². The van der Waals surface area contributed by atoms with Gasteiger partial charge in [0.05, 0.1) is 12.6 Å². The lowest BCUT2D eigenvalue weighted by atomic mass is 9.89. The zero-order valence-corrected chi connectivity index (χ0v) is 15.8. The normalized spacial score (nSPS) is 20.3. The zero-order chi connectivity index (χ0) is 18.8. The molecule has 3 heteroatoms. The van der Waals surface area contributed by atoms with Crippen molar-refractivity contribution in [1.82, 2.24) is 0 Å². The van der Waals surface area contributed by atoms with Crippen LogP contribution in [0.5, 0.6) is 0 Å². The Hall–Kier alpha value is -3.04. The minimum Gasteiger partial charge on any atom is -0.371 e. The molecule has 0 bridgehead atoms. The molecule has 0 fully saturated rings. The fraction of sp³-hybridized carbons (Fsp3) is 0.333. The summed E-state index contributed by atoms with van der Waals surface area (Å²) in [5.41, 5.74) is 8.97. The van der Waals surface area contributed by atoms with E-state index in [2.05, 4.69) is 41.0 Å². The Morgan fingerprint density at radius 3 is 2.48 bits per heavy atom. The maximum Gasteiger partial charge on any atom is 0.268 e. The van der Waals surface area contributed by atoms with Crippen molar-refractivity contribution in [2.75, 3.05) is 18.0 Å². The minimum absolute atomic E-state index is 0.165. The number of hydrogen-bond acceptors (Lipinski definition) is 2. The molecule has 0 amide bonds. The van der Waals surface area contributed by atoms with Gasteiger partial charge < -0.3 is 4.90 Å². The zero-order valence-electron chi connectivity index (χ0n) is 15.8. The van der Waals surface area contributed by atoms with E-state index in [9.17, 15) is 0 Å².